The van der Waals surface area contributed by atoms with E-state index in [9.17, 15) is 0 Å². The second kappa shape index (κ2) is 4.74. The number of para-hydroxylation sites is 2. The van der Waals surface area contributed by atoms with E-state index in [1.165, 1.54) is 0 Å². The maximum atomic E-state index is 6.17. The molecule has 0 saturated heterocycles. The maximum absolute atomic E-state index is 6.17. The first kappa shape index (κ1) is 11.3. The Balaban J connectivity index is 2.57. The predicted octanol–water partition coefficient (Wildman–Crippen LogP) is 3.25. The van der Waals surface area contributed by atoms with Crippen LogP contribution < -0.4 is 11.5 Å². The van der Waals surface area contributed by atoms with Gasteiger partial charge in [0.05, 0.1) is 0 Å². The first-order valence-corrected chi connectivity index (χ1v) is 5.57. The molecular formula is C15H16N2. The molecule has 86 valence electrons. The van der Waals surface area contributed by atoms with Gasteiger partial charge in [-0.1, -0.05) is 42.5 Å². The third-order valence-corrected chi connectivity index (χ3v) is 2.81. The van der Waals surface area contributed by atoms with Crippen LogP contribution in [0.4, 0.5) is 11.4 Å². The van der Waals surface area contributed by atoms with Crippen LogP contribution in [-0.2, 0) is 6.42 Å². The fourth-order valence-electron chi connectivity index (χ4n) is 1.92. The summed E-state index contributed by atoms with van der Waals surface area (Å²) >= 11 is 0. The van der Waals surface area contributed by atoms with E-state index in [0.29, 0.717) is 0 Å². The molecule has 0 heterocycles. The lowest BCUT2D eigenvalue weighted by Crippen LogP contribution is -1.98. The smallest absolute Gasteiger partial charge is 0.0430 e. The van der Waals surface area contributed by atoms with Gasteiger partial charge in [-0.15, -0.1) is 6.58 Å². The van der Waals surface area contributed by atoms with Crippen molar-refractivity contribution < 1.29 is 0 Å². The van der Waals surface area contributed by atoms with Crippen molar-refractivity contribution in [2.45, 2.75) is 6.42 Å². The quantitative estimate of drug-likeness (QED) is 0.621. The minimum atomic E-state index is 0.745. The topological polar surface area (TPSA) is 52.0 Å². The summed E-state index contributed by atoms with van der Waals surface area (Å²) in [5.41, 5.74) is 16.7. The van der Waals surface area contributed by atoms with E-state index in [-0.39, 0.29) is 0 Å². The van der Waals surface area contributed by atoms with E-state index in [1.54, 1.807) is 0 Å². The molecule has 0 saturated carbocycles. The zero-order chi connectivity index (χ0) is 12.3. The van der Waals surface area contributed by atoms with Gasteiger partial charge in [-0.2, -0.15) is 0 Å². The van der Waals surface area contributed by atoms with Crippen molar-refractivity contribution in [2.24, 2.45) is 0 Å². The van der Waals surface area contributed by atoms with Gasteiger partial charge in [0.15, 0.2) is 0 Å². The van der Waals surface area contributed by atoms with Gasteiger partial charge < -0.3 is 11.5 Å². The van der Waals surface area contributed by atoms with Crippen molar-refractivity contribution in [1.29, 1.82) is 0 Å². The summed E-state index contributed by atoms with van der Waals surface area (Å²) in [6.07, 6.45) is 2.62. The van der Waals surface area contributed by atoms with Crippen molar-refractivity contribution in [3.63, 3.8) is 0 Å². The van der Waals surface area contributed by atoms with Crippen LogP contribution in [0.25, 0.3) is 11.1 Å². The average Bonchev–Trinajstić information content (AvgIpc) is 2.33. The van der Waals surface area contributed by atoms with Gasteiger partial charge in [-0.05, 0) is 18.1 Å². The molecule has 0 aliphatic rings. The largest absolute Gasteiger partial charge is 0.398 e. The Morgan fingerprint density at radius 3 is 2.35 bits per heavy atom. The van der Waals surface area contributed by atoms with Crippen LogP contribution in [0.2, 0.25) is 0 Å². The Morgan fingerprint density at radius 1 is 0.941 bits per heavy atom. The Kier molecular flexibility index (Phi) is 3.15. The molecule has 0 unspecified atom stereocenters. The molecule has 0 radical (unpaired) electrons. The lowest BCUT2D eigenvalue weighted by Gasteiger charge is -2.11. The highest BCUT2D eigenvalue weighted by molar-refractivity contribution is 5.85. The van der Waals surface area contributed by atoms with Gasteiger partial charge in [0, 0.05) is 22.5 Å². The van der Waals surface area contributed by atoms with Crippen molar-refractivity contribution in [3.05, 3.63) is 60.7 Å². The third-order valence-electron chi connectivity index (χ3n) is 2.81. The van der Waals surface area contributed by atoms with Gasteiger partial charge in [-0.25, -0.2) is 0 Å². The van der Waals surface area contributed by atoms with Crippen LogP contribution in [0.5, 0.6) is 0 Å². The summed E-state index contributed by atoms with van der Waals surface area (Å²) in [5, 5.41) is 0. The van der Waals surface area contributed by atoms with Crippen molar-refractivity contribution in [2.75, 3.05) is 11.5 Å². The highest BCUT2D eigenvalue weighted by Crippen LogP contribution is 2.32. The zero-order valence-corrected chi connectivity index (χ0v) is 9.69. The van der Waals surface area contributed by atoms with Crippen LogP contribution in [0.15, 0.2) is 55.1 Å². The van der Waals surface area contributed by atoms with Crippen LogP contribution in [0.3, 0.4) is 0 Å². The maximum Gasteiger partial charge on any atom is 0.0430 e. The normalized spacial score (nSPS) is 10.1. The molecular weight excluding hydrogens is 208 g/mol. The first-order valence-electron chi connectivity index (χ1n) is 5.57. The third kappa shape index (κ3) is 2.16. The minimum Gasteiger partial charge on any atom is -0.398 e. The average molecular weight is 224 g/mol. The number of hydrogen-bond donors (Lipinski definition) is 2. The SMILES string of the molecule is C=CCc1cccc(-c2ccccc2N)c1N. The van der Waals surface area contributed by atoms with Crippen LogP contribution in [0.1, 0.15) is 5.56 Å². The van der Waals surface area contributed by atoms with Gasteiger partial charge in [0.2, 0.25) is 0 Å². The Hall–Kier alpha value is -2.22. The monoisotopic (exact) mass is 224 g/mol. The Bertz CT molecular complexity index is 544. The molecule has 0 amide bonds. The molecule has 0 bridgehead atoms. The lowest BCUT2D eigenvalue weighted by molar-refractivity contribution is 1.28. The predicted molar refractivity (Wildman–Crippen MR) is 74.6 cm³/mol. The van der Waals surface area contributed by atoms with Gasteiger partial charge in [0.1, 0.15) is 0 Å². The number of allylic oxidation sites excluding steroid dienone is 1. The fourth-order valence-corrected chi connectivity index (χ4v) is 1.92. The first-order chi connectivity index (χ1) is 8.24. The molecule has 0 aliphatic heterocycles. The molecule has 2 aromatic carbocycles. The summed E-state index contributed by atoms with van der Waals surface area (Å²) in [6.45, 7) is 3.74. The second-order valence-electron chi connectivity index (χ2n) is 3.96. The summed E-state index contributed by atoms with van der Waals surface area (Å²) in [5.74, 6) is 0. The molecule has 4 N–H and O–H groups in total. The minimum absolute atomic E-state index is 0.745. The summed E-state index contributed by atoms with van der Waals surface area (Å²) < 4.78 is 0. The van der Waals surface area contributed by atoms with E-state index in [1.807, 2.05) is 48.5 Å². The van der Waals surface area contributed by atoms with Gasteiger partial charge >= 0.3 is 0 Å². The summed E-state index contributed by atoms with van der Waals surface area (Å²) in [4.78, 5) is 0. The molecule has 0 aromatic heterocycles. The van der Waals surface area contributed by atoms with E-state index >= 15 is 0 Å². The molecule has 2 rings (SSSR count). The zero-order valence-electron chi connectivity index (χ0n) is 9.69. The second-order valence-corrected chi connectivity index (χ2v) is 3.96. The molecule has 0 atom stereocenters. The van der Waals surface area contributed by atoms with Gasteiger partial charge in [0.25, 0.3) is 0 Å². The standard InChI is InChI=1S/C15H16N2/c1-2-6-11-7-5-9-13(15(11)17)12-8-3-4-10-14(12)16/h2-5,7-10H,1,6,16-17H2. The molecule has 2 nitrogen and oxygen atoms in total. The molecule has 0 spiro atoms. The molecule has 17 heavy (non-hydrogen) atoms. The highest BCUT2D eigenvalue weighted by Gasteiger charge is 2.08. The van der Waals surface area contributed by atoms with Crippen LogP contribution >= 0.6 is 0 Å². The van der Waals surface area contributed by atoms with Crippen molar-refractivity contribution in [3.8, 4) is 11.1 Å². The number of nitrogens with two attached hydrogens (primary N) is 2. The summed E-state index contributed by atoms with van der Waals surface area (Å²) in [6, 6.07) is 13.8. The number of benzene rings is 2. The Morgan fingerprint density at radius 2 is 1.65 bits per heavy atom. The Labute approximate surface area is 102 Å². The van der Waals surface area contributed by atoms with E-state index in [0.717, 1.165) is 34.5 Å². The van der Waals surface area contributed by atoms with Crippen LogP contribution in [0, 0.1) is 0 Å². The van der Waals surface area contributed by atoms with E-state index < -0.39 is 0 Å². The number of nitrogen functional groups attached to an aromatic ring is 2. The molecule has 2 aromatic rings. The number of rotatable bonds is 3. The lowest BCUT2D eigenvalue weighted by atomic mass is 9.98. The van der Waals surface area contributed by atoms with E-state index in [4.69, 9.17) is 11.5 Å². The van der Waals surface area contributed by atoms with Crippen molar-refractivity contribution >= 4 is 11.4 Å². The molecule has 0 fully saturated rings. The van der Waals surface area contributed by atoms with E-state index in [2.05, 4.69) is 6.58 Å². The molecule has 0 aliphatic carbocycles. The highest BCUT2D eigenvalue weighted by atomic mass is 14.6. The summed E-state index contributed by atoms with van der Waals surface area (Å²) in [7, 11) is 0. The van der Waals surface area contributed by atoms with Crippen LogP contribution in [-0.4, -0.2) is 0 Å². The molecule has 2 heteroatoms. The van der Waals surface area contributed by atoms with Gasteiger partial charge in [-0.3, -0.25) is 0 Å². The number of hydrogen-bond acceptors (Lipinski definition) is 2. The van der Waals surface area contributed by atoms with Crippen molar-refractivity contribution in [1.82, 2.24) is 0 Å². The number of anilines is 2. The fraction of sp³-hybridized carbons (Fsp3) is 0.0667.